The Labute approximate surface area is 229 Å². The minimum atomic E-state index is -0.291. The molecule has 0 spiro atoms. The lowest BCUT2D eigenvalue weighted by atomic mass is 10.1. The highest BCUT2D eigenvalue weighted by molar-refractivity contribution is 5.91. The van der Waals surface area contributed by atoms with Gasteiger partial charge in [0.15, 0.2) is 5.65 Å². The molecule has 0 atom stereocenters. The minimum absolute atomic E-state index is 0.255. The molecule has 0 radical (unpaired) electrons. The van der Waals surface area contributed by atoms with E-state index in [2.05, 4.69) is 24.0 Å². The summed E-state index contributed by atoms with van der Waals surface area (Å²) >= 11 is 0. The van der Waals surface area contributed by atoms with E-state index in [1.54, 1.807) is 16.8 Å². The van der Waals surface area contributed by atoms with Crippen LogP contribution in [0.4, 0.5) is 10.2 Å². The van der Waals surface area contributed by atoms with Crippen LogP contribution in [0.3, 0.4) is 0 Å². The Kier molecular flexibility index (Phi) is 8.49. The SMILES string of the molecule is CCCCCCC(=O)N1CCCN(c2nc(Cc3ccccc3)nc3c2c(C)nn3-c2ccc(F)cc2)CC1. The monoisotopic (exact) mass is 528 g/mol. The quantitative estimate of drug-likeness (QED) is 0.255. The van der Waals surface area contributed by atoms with E-state index in [1.165, 1.54) is 25.0 Å². The van der Waals surface area contributed by atoms with E-state index in [9.17, 15) is 9.18 Å². The molecule has 0 bridgehead atoms. The predicted molar refractivity (Wildman–Crippen MR) is 153 cm³/mol. The Morgan fingerprint density at radius 2 is 1.72 bits per heavy atom. The van der Waals surface area contributed by atoms with Crippen LogP contribution in [0.5, 0.6) is 0 Å². The van der Waals surface area contributed by atoms with E-state index < -0.39 is 0 Å². The van der Waals surface area contributed by atoms with Gasteiger partial charge in [0.2, 0.25) is 5.91 Å². The molecule has 204 valence electrons. The number of hydrogen-bond acceptors (Lipinski definition) is 5. The van der Waals surface area contributed by atoms with Crippen molar-refractivity contribution in [3.8, 4) is 5.69 Å². The number of aryl methyl sites for hydroxylation is 1. The number of nitrogens with zero attached hydrogens (tertiary/aromatic N) is 6. The van der Waals surface area contributed by atoms with Gasteiger partial charge in [-0.3, -0.25) is 4.79 Å². The molecule has 0 aliphatic carbocycles. The zero-order valence-electron chi connectivity index (χ0n) is 22.9. The summed E-state index contributed by atoms with van der Waals surface area (Å²) in [7, 11) is 0. The maximum atomic E-state index is 13.7. The van der Waals surface area contributed by atoms with E-state index in [-0.39, 0.29) is 11.7 Å². The van der Waals surface area contributed by atoms with Crippen LogP contribution in [-0.2, 0) is 11.2 Å². The first-order chi connectivity index (χ1) is 19.0. The third-order valence-corrected chi connectivity index (χ3v) is 7.40. The third-order valence-electron chi connectivity index (χ3n) is 7.40. The molecule has 1 fully saturated rings. The normalized spacial score (nSPS) is 14.1. The lowest BCUT2D eigenvalue weighted by Crippen LogP contribution is -2.35. The summed E-state index contributed by atoms with van der Waals surface area (Å²) in [5.41, 5.74) is 3.41. The lowest BCUT2D eigenvalue weighted by molar-refractivity contribution is -0.131. The highest BCUT2D eigenvalue weighted by Crippen LogP contribution is 2.30. The predicted octanol–water partition coefficient (Wildman–Crippen LogP) is 5.86. The van der Waals surface area contributed by atoms with Crippen molar-refractivity contribution in [2.24, 2.45) is 0 Å². The van der Waals surface area contributed by atoms with Crippen molar-refractivity contribution in [1.29, 1.82) is 0 Å². The Balaban J connectivity index is 1.47. The van der Waals surface area contributed by atoms with Gasteiger partial charge in [0.25, 0.3) is 0 Å². The third kappa shape index (κ3) is 6.27. The zero-order valence-corrected chi connectivity index (χ0v) is 22.9. The molecule has 5 rings (SSSR count). The van der Waals surface area contributed by atoms with Gasteiger partial charge in [0.1, 0.15) is 17.5 Å². The Morgan fingerprint density at radius 1 is 0.923 bits per heavy atom. The summed E-state index contributed by atoms with van der Waals surface area (Å²) in [6.07, 6.45) is 6.53. The molecule has 4 aromatic rings. The smallest absolute Gasteiger partial charge is 0.222 e. The summed E-state index contributed by atoms with van der Waals surface area (Å²) < 4.78 is 15.5. The molecule has 1 saturated heterocycles. The molecule has 7 nitrogen and oxygen atoms in total. The number of aromatic nitrogens is 4. The van der Waals surface area contributed by atoms with Gasteiger partial charge in [-0.1, -0.05) is 56.5 Å². The fourth-order valence-electron chi connectivity index (χ4n) is 5.29. The Hall–Kier alpha value is -3.81. The number of halogens is 1. The molecule has 1 aliphatic heterocycles. The summed E-state index contributed by atoms with van der Waals surface area (Å²) in [6, 6.07) is 16.5. The minimum Gasteiger partial charge on any atom is -0.354 e. The largest absolute Gasteiger partial charge is 0.354 e. The topological polar surface area (TPSA) is 67.2 Å². The standard InChI is InChI=1S/C31H37FN6O/c1-3-4-5-9-13-28(39)36-18-10-19-37(21-20-36)30-29-23(2)35-38(26-16-14-25(32)15-17-26)31(29)34-27(33-30)22-24-11-7-6-8-12-24/h6-8,11-12,14-17H,3-5,9-10,13,18-22H2,1-2H3. The van der Waals surface area contributed by atoms with Crippen LogP contribution in [-0.4, -0.2) is 56.7 Å². The van der Waals surface area contributed by atoms with Gasteiger partial charge in [-0.2, -0.15) is 5.10 Å². The highest BCUT2D eigenvalue weighted by Gasteiger charge is 2.25. The number of fused-ring (bicyclic) bond motifs is 1. The van der Waals surface area contributed by atoms with Crippen molar-refractivity contribution in [3.63, 3.8) is 0 Å². The van der Waals surface area contributed by atoms with E-state index >= 15 is 0 Å². The highest BCUT2D eigenvalue weighted by atomic mass is 19.1. The molecule has 2 aromatic carbocycles. The van der Waals surface area contributed by atoms with Crippen LogP contribution in [0.2, 0.25) is 0 Å². The van der Waals surface area contributed by atoms with Crippen molar-refractivity contribution in [3.05, 3.63) is 77.5 Å². The van der Waals surface area contributed by atoms with E-state index in [0.717, 1.165) is 60.5 Å². The van der Waals surface area contributed by atoms with Gasteiger partial charge < -0.3 is 9.80 Å². The van der Waals surface area contributed by atoms with Gasteiger partial charge >= 0.3 is 0 Å². The van der Waals surface area contributed by atoms with Crippen LogP contribution < -0.4 is 4.90 Å². The molecule has 0 unspecified atom stereocenters. The fraction of sp³-hybridized carbons (Fsp3) is 0.419. The van der Waals surface area contributed by atoms with E-state index in [0.29, 0.717) is 37.4 Å². The molecule has 8 heteroatoms. The molecular weight excluding hydrogens is 491 g/mol. The summed E-state index contributed by atoms with van der Waals surface area (Å²) in [5, 5.41) is 5.71. The van der Waals surface area contributed by atoms with Gasteiger partial charge in [0, 0.05) is 39.0 Å². The number of benzene rings is 2. The van der Waals surface area contributed by atoms with Crippen LogP contribution in [0.25, 0.3) is 16.7 Å². The van der Waals surface area contributed by atoms with Crippen LogP contribution in [0.1, 0.15) is 62.5 Å². The number of rotatable bonds is 9. The molecule has 0 saturated carbocycles. The summed E-state index contributed by atoms with van der Waals surface area (Å²) in [6.45, 7) is 7.11. The van der Waals surface area contributed by atoms with Crippen molar-refractivity contribution in [1.82, 2.24) is 24.6 Å². The second-order valence-electron chi connectivity index (χ2n) is 10.3. The second-order valence-corrected chi connectivity index (χ2v) is 10.3. The number of carbonyl (C=O) groups is 1. The second kappa shape index (κ2) is 12.4. The number of unbranched alkanes of at least 4 members (excludes halogenated alkanes) is 3. The van der Waals surface area contributed by atoms with Crippen molar-refractivity contribution >= 4 is 22.8 Å². The average Bonchev–Trinajstić information content (AvgIpc) is 3.11. The van der Waals surface area contributed by atoms with Crippen LogP contribution in [0, 0.1) is 12.7 Å². The average molecular weight is 529 g/mol. The summed E-state index contributed by atoms with van der Waals surface area (Å²) in [5.74, 6) is 1.53. The Morgan fingerprint density at radius 3 is 2.49 bits per heavy atom. The van der Waals surface area contributed by atoms with Crippen LogP contribution in [0.15, 0.2) is 54.6 Å². The van der Waals surface area contributed by atoms with E-state index in [1.807, 2.05) is 30.0 Å². The molecule has 3 heterocycles. The van der Waals surface area contributed by atoms with Crippen LogP contribution >= 0.6 is 0 Å². The molecular formula is C31H37FN6O. The number of anilines is 1. The fourth-order valence-corrected chi connectivity index (χ4v) is 5.29. The number of carbonyl (C=O) groups excluding carboxylic acids is 1. The number of amides is 1. The van der Waals surface area contributed by atoms with E-state index in [4.69, 9.17) is 15.1 Å². The van der Waals surface area contributed by atoms with Crippen molar-refractivity contribution in [2.75, 3.05) is 31.1 Å². The molecule has 0 N–H and O–H groups in total. The van der Waals surface area contributed by atoms with Gasteiger partial charge in [-0.05, 0) is 49.6 Å². The van der Waals surface area contributed by atoms with Crippen molar-refractivity contribution in [2.45, 2.75) is 58.8 Å². The molecule has 39 heavy (non-hydrogen) atoms. The summed E-state index contributed by atoms with van der Waals surface area (Å²) in [4.78, 5) is 27.3. The molecule has 1 aliphatic rings. The lowest BCUT2D eigenvalue weighted by Gasteiger charge is -2.24. The molecule has 2 aromatic heterocycles. The van der Waals surface area contributed by atoms with Crippen molar-refractivity contribution < 1.29 is 9.18 Å². The zero-order chi connectivity index (χ0) is 27.2. The molecule has 1 amide bonds. The first-order valence-electron chi connectivity index (χ1n) is 14.1. The van der Waals surface area contributed by atoms with Gasteiger partial charge in [-0.25, -0.2) is 19.0 Å². The van der Waals surface area contributed by atoms with Gasteiger partial charge in [0.05, 0.1) is 16.8 Å². The Bertz CT molecular complexity index is 1400. The first-order valence-corrected chi connectivity index (χ1v) is 14.1. The first kappa shape index (κ1) is 26.8. The van der Waals surface area contributed by atoms with Gasteiger partial charge in [-0.15, -0.1) is 0 Å². The maximum Gasteiger partial charge on any atom is 0.222 e. The number of hydrogen-bond donors (Lipinski definition) is 0. The maximum absolute atomic E-state index is 13.7.